The first-order valence-electron chi connectivity index (χ1n) is 5.79. The van der Waals surface area contributed by atoms with Gasteiger partial charge in [0, 0.05) is 17.3 Å². The molecule has 19 heavy (non-hydrogen) atoms. The second-order valence-corrected chi connectivity index (χ2v) is 4.27. The van der Waals surface area contributed by atoms with E-state index in [9.17, 15) is 4.79 Å². The Balaban J connectivity index is 2.19. The highest BCUT2D eigenvalue weighted by Crippen LogP contribution is 2.19. The van der Waals surface area contributed by atoms with Crippen molar-refractivity contribution in [3.63, 3.8) is 0 Å². The Kier molecular flexibility index (Phi) is 2.45. The predicted molar refractivity (Wildman–Crippen MR) is 74.0 cm³/mol. The van der Waals surface area contributed by atoms with Crippen LogP contribution in [0.3, 0.4) is 0 Å². The van der Waals surface area contributed by atoms with Crippen molar-refractivity contribution >= 4 is 22.5 Å². The fourth-order valence-corrected chi connectivity index (χ4v) is 2.00. The second-order valence-electron chi connectivity index (χ2n) is 4.27. The van der Waals surface area contributed by atoms with Crippen LogP contribution in [0.1, 0.15) is 10.4 Å². The van der Waals surface area contributed by atoms with Crippen LogP contribution in [-0.4, -0.2) is 15.7 Å². The van der Waals surface area contributed by atoms with Crippen molar-refractivity contribution in [1.29, 1.82) is 0 Å². The van der Waals surface area contributed by atoms with Crippen molar-refractivity contribution < 1.29 is 4.79 Å². The van der Waals surface area contributed by atoms with Gasteiger partial charge in [-0.3, -0.25) is 4.79 Å². The van der Waals surface area contributed by atoms with E-state index in [0.29, 0.717) is 16.8 Å². The average molecular weight is 252 g/mol. The Morgan fingerprint density at radius 2 is 1.84 bits per heavy atom. The minimum absolute atomic E-state index is 0.423. The van der Waals surface area contributed by atoms with Gasteiger partial charge in [-0.2, -0.15) is 5.10 Å². The molecule has 0 atom stereocenters. The molecule has 0 fully saturated rings. The van der Waals surface area contributed by atoms with Gasteiger partial charge in [0.15, 0.2) is 0 Å². The van der Waals surface area contributed by atoms with Crippen LogP contribution in [0.4, 0.5) is 5.69 Å². The molecule has 1 amide bonds. The van der Waals surface area contributed by atoms with Crippen LogP contribution >= 0.6 is 0 Å². The first-order valence-corrected chi connectivity index (χ1v) is 5.79. The van der Waals surface area contributed by atoms with Gasteiger partial charge in [0.25, 0.3) is 5.91 Å². The lowest BCUT2D eigenvalue weighted by Gasteiger charge is -2.00. The van der Waals surface area contributed by atoms with Crippen LogP contribution in [0.15, 0.2) is 48.7 Å². The summed E-state index contributed by atoms with van der Waals surface area (Å²) in [6, 6.07) is 12.7. The summed E-state index contributed by atoms with van der Waals surface area (Å²) in [7, 11) is 0. The first kappa shape index (κ1) is 11.3. The van der Waals surface area contributed by atoms with Gasteiger partial charge in [-0.25, -0.2) is 4.68 Å². The van der Waals surface area contributed by atoms with E-state index in [0.717, 1.165) is 11.1 Å². The van der Waals surface area contributed by atoms with Crippen LogP contribution in [0.25, 0.3) is 16.6 Å². The van der Waals surface area contributed by atoms with Gasteiger partial charge < -0.3 is 11.5 Å². The van der Waals surface area contributed by atoms with Gasteiger partial charge in [0.05, 0.1) is 11.3 Å². The Morgan fingerprint density at radius 3 is 2.53 bits per heavy atom. The number of carbonyl (C=O) groups is 1. The van der Waals surface area contributed by atoms with E-state index in [2.05, 4.69) is 5.10 Å². The summed E-state index contributed by atoms with van der Waals surface area (Å²) >= 11 is 0. The largest absolute Gasteiger partial charge is 0.399 e. The van der Waals surface area contributed by atoms with E-state index in [1.165, 1.54) is 0 Å². The van der Waals surface area contributed by atoms with Crippen LogP contribution in [0.5, 0.6) is 0 Å². The zero-order chi connectivity index (χ0) is 13.4. The number of nitrogens with two attached hydrogens (primary N) is 2. The lowest BCUT2D eigenvalue weighted by atomic mass is 10.1. The minimum Gasteiger partial charge on any atom is -0.399 e. The molecule has 5 nitrogen and oxygen atoms in total. The third kappa shape index (κ3) is 1.91. The summed E-state index contributed by atoms with van der Waals surface area (Å²) in [6.07, 6.45) is 1.85. The number of hydrogen-bond acceptors (Lipinski definition) is 3. The number of benzene rings is 2. The molecule has 2 aromatic carbocycles. The van der Waals surface area contributed by atoms with Crippen LogP contribution in [0, 0.1) is 0 Å². The third-order valence-corrected chi connectivity index (χ3v) is 2.96. The Bertz CT molecular complexity index is 759. The summed E-state index contributed by atoms with van der Waals surface area (Å²) < 4.78 is 1.70. The van der Waals surface area contributed by atoms with Crippen molar-refractivity contribution in [2.24, 2.45) is 5.73 Å². The molecule has 0 radical (unpaired) electrons. The van der Waals surface area contributed by atoms with E-state index in [-0.39, 0.29) is 0 Å². The van der Waals surface area contributed by atoms with Gasteiger partial charge in [0.1, 0.15) is 5.52 Å². The summed E-state index contributed by atoms with van der Waals surface area (Å²) in [5.74, 6) is -0.479. The molecular formula is C14H12N4O. The number of nitrogen functional groups attached to an aromatic ring is 1. The molecule has 0 spiro atoms. The lowest BCUT2D eigenvalue weighted by Crippen LogP contribution is -2.11. The molecule has 0 saturated carbocycles. The quantitative estimate of drug-likeness (QED) is 0.680. The molecule has 3 aromatic rings. The summed E-state index contributed by atoms with van der Waals surface area (Å²) in [4.78, 5) is 11.4. The summed E-state index contributed by atoms with van der Waals surface area (Å²) in [5.41, 5.74) is 13.6. The second kappa shape index (κ2) is 4.13. The maximum Gasteiger partial charge on any atom is 0.250 e. The van der Waals surface area contributed by atoms with Crippen molar-refractivity contribution in [3.05, 3.63) is 54.2 Å². The number of fused-ring (bicyclic) bond motifs is 1. The Morgan fingerprint density at radius 1 is 1.11 bits per heavy atom. The molecule has 0 aliphatic carbocycles. The number of anilines is 1. The van der Waals surface area contributed by atoms with Gasteiger partial charge in [-0.15, -0.1) is 0 Å². The monoisotopic (exact) mass is 252 g/mol. The van der Waals surface area contributed by atoms with Gasteiger partial charge in [-0.05, 0) is 30.3 Å². The lowest BCUT2D eigenvalue weighted by molar-refractivity contribution is 0.100. The molecule has 1 heterocycles. The van der Waals surface area contributed by atoms with Crippen molar-refractivity contribution in [3.8, 4) is 5.69 Å². The predicted octanol–water partition coefficient (Wildman–Crippen LogP) is 1.71. The van der Waals surface area contributed by atoms with Crippen molar-refractivity contribution in [2.75, 3.05) is 5.73 Å². The molecule has 0 saturated heterocycles. The number of nitrogens with zero attached hydrogens (tertiary/aromatic N) is 2. The summed E-state index contributed by atoms with van der Waals surface area (Å²) in [5, 5.41) is 5.28. The van der Waals surface area contributed by atoms with E-state index in [1.807, 2.05) is 24.4 Å². The minimum atomic E-state index is -0.479. The fraction of sp³-hybridized carbons (Fsp3) is 0. The zero-order valence-corrected chi connectivity index (χ0v) is 10.1. The molecule has 0 aliphatic rings. The van der Waals surface area contributed by atoms with E-state index >= 15 is 0 Å². The average Bonchev–Trinajstić information content (AvgIpc) is 2.82. The highest BCUT2D eigenvalue weighted by atomic mass is 16.1. The molecule has 1 aromatic heterocycles. The molecule has 0 unspecified atom stereocenters. The molecule has 94 valence electrons. The number of hydrogen-bond donors (Lipinski definition) is 2. The van der Waals surface area contributed by atoms with Gasteiger partial charge >= 0.3 is 0 Å². The topological polar surface area (TPSA) is 86.9 Å². The third-order valence-electron chi connectivity index (χ3n) is 2.96. The Labute approximate surface area is 109 Å². The maximum atomic E-state index is 11.4. The molecular weight excluding hydrogens is 240 g/mol. The molecule has 4 N–H and O–H groups in total. The van der Waals surface area contributed by atoms with Crippen molar-refractivity contribution in [2.45, 2.75) is 0 Å². The summed E-state index contributed by atoms with van der Waals surface area (Å²) in [6.45, 7) is 0. The van der Waals surface area contributed by atoms with Crippen LogP contribution in [-0.2, 0) is 0 Å². The van der Waals surface area contributed by atoms with Crippen molar-refractivity contribution in [1.82, 2.24) is 9.78 Å². The SMILES string of the molecule is NC(=O)c1cccc2cn(-c3ccc(N)cc3)nc12. The highest BCUT2D eigenvalue weighted by Gasteiger charge is 2.10. The van der Waals surface area contributed by atoms with E-state index in [4.69, 9.17) is 11.5 Å². The van der Waals surface area contributed by atoms with E-state index in [1.54, 1.807) is 28.9 Å². The normalized spacial score (nSPS) is 10.7. The van der Waals surface area contributed by atoms with E-state index < -0.39 is 5.91 Å². The smallest absolute Gasteiger partial charge is 0.250 e. The molecule has 5 heteroatoms. The van der Waals surface area contributed by atoms with Gasteiger partial charge in [-0.1, -0.05) is 12.1 Å². The van der Waals surface area contributed by atoms with Crippen LogP contribution < -0.4 is 11.5 Å². The number of primary amides is 1. The standard InChI is InChI=1S/C14H12N4O/c15-10-4-6-11(7-5-10)18-8-9-2-1-3-12(14(16)19)13(9)17-18/h1-8H,15H2,(H2,16,19). The van der Waals surface area contributed by atoms with Crippen LogP contribution in [0.2, 0.25) is 0 Å². The van der Waals surface area contributed by atoms with Gasteiger partial charge in [0.2, 0.25) is 0 Å². The number of aromatic nitrogens is 2. The number of carbonyl (C=O) groups excluding carboxylic acids is 1. The highest BCUT2D eigenvalue weighted by molar-refractivity contribution is 6.04. The zero-order valence-electron chi connectivity index (χ0n) is 10.1. The number of amides is 1. The fourth-order valence-electron chi connectivity index (χ4n) is 2.00. The number of rotatable bonds is 2. The Hall–Kier alpha value is -2.82. The first-order chi connectivity index (χ1) is 9.15. The molecule has 0 bridgehead atoms. The molecule has 0 aliphatic heterocycles. The molecule has 3 rings (SSSR count). The maximum absolute atomic E-state index is 11.4.